The summed E-state index contributed by atoms with van der Waals surface area (Å²) >= 11 is 0. The van der Waals surface area contributed by atoms with Gasteiger partial charge in [-0.05, 0) is 37.3 Å². The van der Waals surface area contributed by atoms with Crippen molar-refractivity contribution in [3.8, 4) is 5.88 Å². The summed E-state index contributed by atoms with van der Waals surface area (Å²) in [4.78, 5) is 8.51. The monoisotopic (exact) mass is 464 g/mol. The highest BCUT2D eigenvalue weighted by Crippen LogP contribution is 2.14. The van der Waals surface area contributed by atoms with Crippen LogP contribution in [0, 0.1) is 5.92 Å². The second-order valence-corrected chi connectivity index (χ2v) is 6.26. The Morgan fingerprint density at radius 3 is 2.68 bits per heavy atom. The summed E-state index contributed by atoms with van der Waals surface area (Å²) in [6, 6.07) is 3.95. The number of aliphatic imine (C=N–C) groups is 1. The van der Waals surface area contributed by atoms with E-state index < -0.39 is 0 Å². The number of hydrogen-bond donors (Lipinski definition) is 2. The number of nitrogens with one attached hydrogen (secondary N) is 2. The van der Waals surface area contributed by atoms with Gasteiger partial charge in [-0.3, -0.25) is 4.99 Å². The van der Waals surface area contributed by atoms with Gasteiger partial charge in [0.2, 0.25) is 5.88 Å². The fraction of sp³-hybridized carbons (Fsp3) is 0.667. The van der Waals surface area contributed by atoms with Crippen molar-refractivity contribution in [1.82, 2.24) is 15.6 Å². The van der Waals surface area contributed by atoms with Crippen LogP contribution in [0.15, 0.2) is 23.3 Å². The average Bonchev–Trinajstić information content (AvgIpc) is 2.53. The van der Waals surface area contributed by atoms with E-state index in [1.54, 1.807) is 20.4 Å². The summed E-state index contributed by atoms with van der Waals surface area (Å²) < 4.78 is 10.9. The van der Waals surface area contributed by atoms with Crippen LogP contribution in [0.1, 0.15) is 39.2 Å². The molecule has 0 aromatic carbocycles. The van der Waals surface area contributed by atoms with Gasteiger partial charge >= 0.3 is 0 Å². The van der Waals surface area contributed by atoms with Gasteiger partial charge in [-0.2, -0.15) is 0 Å². The summed E-state index contributed by atoms with van der Waals surface area (Å²) in [5.41, 5.74) is 1.11. The van der Waals surface area contributed by atoms with Crippen molar-refractivity contribution in [2.24, 2.45) is 10.9 Å². The third-order valence-electron chi connectivity index (χ3n) is 3.43. The lowest BCUT2D eigenvalue weighted by Gasteiger charge is -2.16. The Bertz CT molecular complexity index is 498. The van der Waals surface area contributed by atoms with E-state index in [9.17, 15) is 0 Å². The minimum Gasteiger partial charge on any atom is -0.475 e. The predicted molar refractivity (Wildman–Crippen MR) is 114 cm³/mol. The SMILES string of the molecule is CN=C(NCCCOC)NCc1ccnc(OC(C)CC(C)C)c1.I. The molecule has 1 rings (SSSR count). The quantitative estimate of drug-likeness (QED) is 0.241. The summed E-state index contributed by atoms with van der Waals surface area (Å²) in [5.74, 6) is 2.06. The molecule has 0 bridgehead atoms. The van der Waals surface area contributed by atoms with E-state index in [1.165, 1.54) is 0 Å². The molecule has 1 unspecified atom stereocenters. The van der Waals surface area contributed by atoms with Gasteiger partial charge in [0, 0.05) is 46.1 Å². The molecular formula is C18H33IN4O2. The fourth-order valence-electron chi connectivity index (χ4n) is 2.37. The molecule has 0 aliphatic carbocycles. The Kier molecular flexibility index (Phi) is 13.5. The molecule has 1 atom stereocenters. The molecule has 0 spiro atoms. The van der Waals surface area contributed by atoms with E-state index >= 15 is 0 Å². The zero-order valence-corrected chi connectivity index (χ0v) is 18.4. The van der Waals surface area contributed by atoms with E-state index in [1.807, 2.05) is 12.1 Å². The van der Waals surface area contributed by atoms with E-state index in [4.69, 9.17) is 9.47 Å². The number of ether oxygens (including phenoxy) is 2. The molecule has 0 saturated heterocycles. The van der Waals surface area contributed by atoms with Crippen LogP contribution >= 0.6 is 24.0 Å². The number of hydrogen-bond acceptors (Lipinski definition) is 4. The van der Waals surface area contributed by atoms with Crippen LogP contribution in [0.25, 0.3) is 0 Å². The van der Waals surface area contributed by atoms with Crippen LogP contribution < -0.4 is 15.4 Å². The number of nitrogens with zero attached hydrogens (tertiary/aromatic N) is 2. The summed E-state index contributed by atoms with van der Waals surface area (Å²) in [7, 11) is 3.47. The lowest BCUT2D eigenvalue weighted by atomic mass is 10.1. The Labute approximate surface area is 169 Å². The molecular weight excluding hydrogens is 431 g/mol. The highest BCUT2D eigenvalue weighted by molar-refractivity contribution is 14.0. The van der Waals surface area contributed by atoms with Crippen LogP contribution in [-0.4, -0.2) is 44.4 Å². The standard InChI is InChI=1S/C18H32N4O2.HI/c1-14(2)11-15(3)24-17-12-16(7-9-20-17)13-22-18(19-4)21-8-6-10-23-5;/h7,9,12,14-15H,6,8,10-11,13H2,1-5H3,(H2,19,21,22);1H. The van der Waals surface area contributed by atoms with Crippen molar-refractivity contribution in [3.63, 3.8) is 0 Å². The Balaban J connectivity index is 0.00000576. The minimum atomic E-state index is 0. The first kappa shape index (κ1) is 23.9. The van der Waals surface area contributed by atoms with Gasteiger partial charge in [0.05, 0.1) is 6.10 Å². The first-order valence-corrected chi connectivity index (χ1v) is 8.60. The van der Waals surface area contributed by atoms with Crippen molar-refractivity contribution in [3.05, 3.63) is 23.9 Å². The lowest BCUT2D eigenvalue weighted by molar-refractivity contribution is 0.185. The van der Waals surface area contributed by atoms with E-state index in [0.717, 1.165) is 37.5 Å². The fourth-order valence-corrected chi connectivity index (χ4v) is 2.37. The Morgan fingerprint density at radius 2 is 2.04 bits per heavy atom. The van der Waals surface area contributed by atoms with Gasteiger partial charge in [-0.25, -0.2) is 4.98 Å². The van der Waals surface area contributed by atoms with E-state index in [2.05, 4.69) is 41.4 Å². The van der Waals surface area contributed by atoms with Crippen molar-refractivity contribution < 1.29 is 9.47 Å². The molecule has 0 fully saturated rings. The third kappa shape index (κ3) is 11.2. The second kappa shape index (κ2) is 14.1. The molecule has 144 valence electrons. The average molecular weight is 464 g/mol. The van der Waals surface area contributed by atoms with Gasteiger partial charge in [-0.1, -0.05) is 13.8 Å². The van der Waals surface area contributed by atoms with Gasteiger partial charge in [-0.15, -0.1) is 24.0 Å². The highest BCUT2D eigenvalue weighted by atomic mass is 127. The Morgan fingerprint density at radius 1 is 1.28 bits per heavy atom. The van der Waals surface area contributed by atoms with E-state index in [-0.39, 0.29) is 30.1 Å². The Hall–Kier alpha value is -1.09. The van der Waals surface area contributed by atoms with Gasteiger partial charge in [0.1, 0.15) is 0 Å². The number of pyridine rings is 1. The third-order valence-corrected chi connectivity index (χ3v) is 3.43. The summed E-state index contributed by atoms with van der Waals surface area (Å²) in [5, 5.41) is 6.55. The van der Waals surface area contributed by atoms with Gasteiger partial charge in [0.15, 0.2) is 5.96 Å². The maximum atomic E-state index is 5.89. The summed E-state index contributed by atoms with van der Waals surface area (Å²) in [6.45, 7) is 8.70. The number of aromatic nitrogens is 1. The van der Waals surface area contributed by atoms with Crippen molar-refractivity contribution in [2.75, 3.05) is 27.3 Å². The number of rotatable bonds is 10. The second-order valence-electron chi connectivity index (χ2n) is 6.26. The molecule has 0 saturated carbocycles. The molecule has 0 aliphatic rings. The maximum absolute atomic E-state index is 5.89. The molecule has 25 heavy (non-hydrogen) atoms. The van der Waals surface area contributed by atoms with Gasteiger partial charge < -0.3 is 20.1 Å². The van der Waals surface area contributed by atoms with E-state index in [0.29, 0.717) is 18.3 Å². The zero-order chi connectivity index (χ0) is 17.8. The van der Waals surface area contributed by atoms with Crippen molar-refractivity contribution in [1.29, 1.82) is 0 Å². The van der Waals surface area contributed by atoms with Crippen LogP contribution in [0.4, 0.5) is 0 Å². The molecule has 2 N–H and O–H groups in total. The van der Waals surface area contributed by atoms with Gasteiger partial charge in [0.25, 0.3) is 0 Å². The zero-order valence-electron chi connectivity index (χ0n) is 16.0. The van der Waals surface area contributed by atoms with Crippen LogP contribution in [0.5, 0.6) is 5.88 Å². The van der Waals surface area contributed by atoms with Crippen LogP contribution in [0.2, 0.25) is 0 Å². The molecule has 1 aromatic heterocycles. The number of halogens is 1. The van der Waals surface area contributed by atoms with Crippen molar-refractivity contribution >= 4 is 29.9 Å². The smallest absolute Gasteiger partial charge is 0.213 e. The van der Waals surface area contributed by atoms with Crippen LogP contribution in [-0.2, 0) is 11.3 Å². The molecule has 7 heteroatoms. The number of methoxy groups -OCH3 is 1. The van der Waals surface area contributed by atoms with Crippen molar-refractivity contribution in [2.45, 2.75) is 46.3 Å². The van der Waals surface area contributed by atoms with Crippen LogP contribution in [0.3, 0.4) is 0 Å². The number of guanidine groups is 1. The topological polar surface area (TPSA) is 67.8 Å². The first-order chi connectivity index (χ1) is 11.5. The highest BCUT2D eigenvalue weighted by Gasteiger charge is 2.08. The largest absolute Gasteiger partial charge is 0.475 e. The molecule has 1 heterocycles. The lowest BCUT2D eigenvalue weighted by Crippen LogP contribution is -2.37. The predicted octanol–water partition coefficient (Wildman–Crippen LogP) is 3.21. The molecule has 0 aliphatic heterocycles. The molecule has 0 amide bonds. The first-order valence-electron chi connectivity index (χ1n) is 8.60. The molecule has 0 radical (unpaired) electrons. The maximum Gasteiger partial charge on any atom is 0.213 e. The minimum absolute atomic E-state index is 0. The normalized spacial score (nSPS) is 12.5. The summed E-state index contributed by atoms with van der Waals surface area (Å²) in [6.07, 6.45) is 3.90. The molecule has 6 nitrogen and oxygen atoms in total. The molecule has 1 aromatic rings.